The highest BCUT2D eigenvalue weighted by Gasteiger charge is 2.03. The minimum atomic E-state index is 0.666. The van der Waals surface area contributed by atoms with E-state index in [0.29, 0.717) is 10.8 Å². The van der Waals surface area contributed by atoms with Crippen molar-refractivity contribution in [2.75, 3.05) is 11.9 Å². The largest absolute Gasteiger partial charge is 0.369 e. The molecular formula is C12H13ClN4S. The molecule has 0 radical (unpaired) electrons. The lowest BCUT2D eigenvalue weighted by Gasteiger charge is -2.04. The van der Waals surface area contributed by atoms with Crippen LogP contribution >= 0.6 is 23.4 Å². The van der Waals surface area contributed by atoms with Crippen molar-refractivity contribution in [2.24, 2.45) is 0 Å². The molecule has 0 saturated heterocycles. The normalized spacial score (nSPS) is 10.3. The predicted octanol–water partition coefficient (Wildman–Crippen LogP) is 3.25. The van der Waals surface area contributed by atoms with E-state index in [1.165, 1.54) is 0 Å². The van der Waals surface area contributed by atoms with Gasteiger partial charge in [0.1, 0.15) is 10.8 Å². The Labute approximate surface area is 115 Å². The number of hydrogen-bond donors (Lipinski definition) is 1. The number of nitrogens with one attached hydrogen (secondary N) is 1. The zero-order chi connectivity index (χ0) is 12.8. The van der Waals surface area contributed by atoms with Crippen molar-refractivity contribution >= 4 is 29.2 Å². The number of aromatic nitrogens is 3. The minimum absolute atomic E-state index is 0.666. The van der Waals surface area contributed by atoms with E-state index in [2.05, 4.69) is 20.3 Å². The van der Waals surface area contributed by atoms with E-state index >= 15 is 0 Å². The fraction of sp³-hybridized carbons (Fsp3) is 0.250. The SMILES string of the molecule is CCNc1cnc(CSc2ncccc2Cl)cn1. The van der Waals surface area contributed by atoms with E-state index in [9.17, 15) is 0 Å². The number of thioether (sulfide) groups is 1. The summed E-state index contributed by atoms with van der Waals surface area (Å²) >= 11 is 7.58. The standard InChI is InChI=1S/C12H13ClN4S/c1-2-14-11-7-16-9(6-17-11)8-18-12-10(13)4-3-5-15-12/h3-7H,2,8H2,1H3,(H,14,17). The Balaban J connectivity index is 1.96. The van der Waals surface area contributed by atoms with Gasteiger partial charge in [0.2, 0.25) is 0 Å². The van der Waals surface area contributed by atoms with Crippen LogP contribution in [0.5, 0.6) is 0 Å². The van der Waals surface area contributed by atoms with Gasteiger partial charge >= 0.3 is 0 Å². The Bertz CT molecular complexity index is 504. The van der Waals surface area contributed by atoms with Gasteiger partial charge in [0.05, 0.1) is 23.1 Å². The van der Waals surface area contributed by atoms with Gasteiger partial charge in [-0.3, -0.25) is 4.98 Å². The molecule has 0 spiro atoms. The second kappa shape index (κ2) is 6.56. The Kier molecular flexibility index (Phi) is 4.78. The number of hydrogen-bond acceptors (Lipinski definition) is 5. The molecule has 0 atom stereocenters. The molecule has 94 valence electrons. The van der Waals surface area contributed by atoms with Gasteiger partial charge in [-0.05, 0) is 19.1 Å². The van der Waals surface area contributed by atoms with Crippen LogP contribution in [0.25, 0.3) is 0 Å². The lowest BCUT2D eigenvalue weighted by Crippen LogP contribution is -2.00. The topological polar surface area (TPSA) is 50.7 Å². The van der Waals surface area contributed by atoms with Crippen molar-refractivity contribution in [3.8, 4) is 0 Å². The smallest absolute Gasteiger partial charge is 0.144 e. The first kappa shape index (κ1) is 13.1. The fourth-order valence-corrected chi connectivity index (χ4v) is 2.38. The summed E-state index contributed by atoms with van der Waals surface area (Å²) in [5.41, 5.74) is 0.906. The monoisotopic (exact) mass is 280 g/mol. The van der Waals surface area contributed by atoms with E-state index in [1.54, 1.807) is 30.4 Å². The zero-order valence-electron chi connectivity index (χ0n) is 9.93. The van der Waals surface area contributed by atoms with Crippen LogP contribution in [0.1, 0.15) is 12.6 Å². The molecule has 0 amide bonds. The van der Waals surface area contributed by atoms with E-state index < -0.39 is 0 Å². The van der Waals surface area contributed by atoms with Crippen molar-refractivity contribution in [2.45, 2.75) is 17.7 Å². The Hall–Kier alpha value is -1.33. The zero-order valence-corrected chi connectivity index (χ0v) is 11.5. The van der Waals surface area contributed by atoms with Gasteiger partial charge in [-0.15, -0.1) is 0 Å². The van der Waals surface area contributed by atoms with Crippen molar-refractivity contribution in [1.82, 2.24) is 15.0 Å². The lowest BCUT2D eigenvalue weighted by atomic mass is 10.5. The molecular weight excluding hydrogens is 268 g/mol. The van der Waals surface area contributed by atoms with E-state index in [0.717, 1.165) is 23.1 Å². The van der Waals surface area contributed by atoms with Crippen LogP contribution < -0.4 is 5.32 Å². The van der Waals surface area contributed by atoms with Crippen LogP contribution in [0.2, 0.25) is 5.02 Å². The van der Waals surface area contributed by atoms with Gasteiger partial charge in [0, 0.05) is 18.5 Å². The van der Waals surface area contributed by atoms with Gasteiger partial charge in [-0.25, -0.2) is 9.97 Å². The number of halogens is 1. The molecule has 0 aliphatic heterocycles. The molecule has 0 aromatic carbocycles. The van der Waals surface area contributed by atoms with Crippen LogP contribution in [0.15, 0.2) is 35.7 Å². The number of rotatable bonds is 5. The third-order valence-corrected chi connectivity index (χ3v) is 3.60. The van der Waals surface area contributed by atoms with Crippen molar-refractivity contribution < 1.29 is 0 Å². The molecule has 0 fully saturated rings. The summed E-state index contributed by atoms with van der Waals surface area (Å²) in [7, 11) is 0. The quantitative estimate of drug-likeness (QED) is 0.852. The van der Waals surface area contributed by atoms with Crippen LogP contribution in [0.3, 0.4) is 0 Å². The lowest BCUT2D eigenvalue weighted by molar-refractivity contribution is 1.06. The fourth-order valence-electron chi connectivity index (χ4n) is 1.32. The van der Waals surface area contributed by atoms with Crippen LogP contribution in [-0.2, 0) is 5.75 Å². The van der Waals surface area contributed by atoms with Crippen LogP contribution in [0, 0.1) is 0 Å². The van der Waals surface area contributed by atoms with Gasteiger partial charge < -0.3 is 5.32 Å². The highest BCUT2D eigenvalue weighted by atomic mass is 35.5. The molecule has 0 bridgehead atoms. The summed E-state index contributed by atoms with van der Waals surface area (Å²) in [6.07, 6.45) is 5.23. The number of nitrogens with zero attached hydrogens (tertiary/aromatic N) is 3. The maximum atomic E-state index is 6.03. The van der Waals surface area contributed by atoms with Crippen molar-refractivity contribution in [1.29, 1.82) is 0 Å². The summed E-state index contributed by atoms with van der Waals surface area (Å²) in [4.78, 5) is 12.8. The first-order chi connectivity index (χ1) is 8.79. The summed E-state index contributed by atoms with van der Waals surface area (Å²) in [6, 6.07) is 3.65. The van der Waals surface area contributed by atoms with E-state index in [4.69, 9.17) is 11.6 Å². The summed E-state index contributed by atoms with van der Waals surface area (Å²) in [5, 5.41) is 4.59. The molecule has 0 aliphatic rings. The third-order valence-electron chi connectivity index (χ3n) is 2.14. The molecule has 2 aromatic heterocycles. The molecule has 18 heavy (non-hydrogen) atoms. The number of anilines is 1. The van der Waals surface area contributed by atoms with Crippen LogP contribution in [0.4, 0.5) is 5.82 Å². The summed E-state index contributed by atoms with van der Waals surface area (Å²) in [5.74, 6) is 1.50. The van der Waals surface area contributed by atoms with Crippen molar-refractivity contribution in [3.63, 3.8) is 0 Å². The van der Waals surface area contributed by atoms with Crippen molar-refractivity contribution in [3.05, 3.63) is 41.4 Å². The average molecular weight is 281 g/mol. The molecule has 0 aliphatic carbocycles. The molecule has 0 saturated carbocycles. The molecule has 2 aromatic rings. The Morgan fingerprint density at radius 2 is 2.17 bits per heavy atom. The van der Waals surface area contributed by atoms with E-state index in [-0.39, 0.29) is 0 Å². The first-order valence-electron chi connectivity index (χ1n) is 5.57. The maximum Gasteiger partial charge on any atom is 0.144 e. The Morgan fingerprint density at radius 1 is 1.28 bits per heavy atom. The maximum absolute atomic E-state index is 6.03. The molecule has 1 N–H and O–H groups in total. The average Bonchev–Trinajstić information content (AvgIpc) is 2.40. The highest BCUT2D eigenvalue weighted by Crippen LogP contribution is 2.26. The predicted molar refractivity (Wildman–Crippen MR) is 75.0 cm³/mol. The number of pyridine rings is 1. The van der Waals surface area contributed by atoms with Gasteiger partial charge in [-0.1, -0.05) is 23.4 Å². The third kappa shape index (κ3) is 3.58. The second-order valence-corrected chi connectivity index (χ2v) is 4.87. The molecule has 2 rings (SSSR count). The molecule has 4 nitrogen and oxygen atoms in total. The van der Waals surface area contributed by atoms with Gasteiger partial charge in [0.15, 0.2) is 0 Å². The first-order valence-corrected chi connectivity index (χ1v) is 6.94. The molecule has 2 heterocycles. The van der Waals surface area contributed by atoms with Crippen LogP contribution in [-0.4, -0.2) is 21.5 Å². The summed E-state index contributed by atoms with van der Waals surface area (Å²) < 4.78 is 0. The Morgan fingerprint density at radius 3 is 2.83 bits per heavy atom. The highest BCUT2D eigenvalue weighted by molar-refractivity contribution is 7.98. The summed E-state index contributed by atoms with van der Waals surface area (Å²) in [6.45, 7) is 2.86. The van der Waals surface area contributed by atoms with Gasteiger partial charge in [0.25, 0.3) is 0 Å². The van der Waals surface area contributed by atoms with E-state index in [1.807, 2.05) is 19.1 Å². The molecule has 0 unspecified atom stereocenters. The molecule has 6 heteroatoms. The van der Waals surface area contributed by atoms with Gasteiger partial charge in [-0.2, -0.15) is 0 Å². The minimum Gasteiger partial charge on any atom is -0.369 e. The second-order valence-electron chi connectivity index (χ2n) is 3.50.